The van der Waals surface area contributed by atoms with Gasteiger partial charge in [0.05, 0.1) is 19.8 Å². The first-order valence-corrected chi connectivity index (χ1v) is 10.2. The Morgan fingerprint density at radius 2 is 1.89 bits per heavy atom. The first-order chi connectivity index (χ1) is 13.7. The molecule has 0 aliphatic carbocycles. The van der Waals surface area contributed by atoms with Gasteiger partial charge in [-0.2, -0.15) is 0 Å². The molecule has 0 atom stereocenters. The molecule has 1 aromatic carbocycles. The van der Waals surface area contributed by atoms with Crippen molar-refractivity contribution in [3.8, 4) is 11.5 Å². The van der Waals surface area contributed by atoms with Gasteiger partial charge in [0, 0.05) is 40.0 Å². The minimum atomic E-state index is 0.351. The van der Waals surface area contributed by atoms with E-state index in [1.165, 1.54) is 0 Å². The fourth-order valence-electron chi connectivity index (χ4n) is 2.89. The lowest BCUT2D eigenvalue weighted by molar-refractivity contribution is -0.0318. The van der Waals surface area contributed by atoms with Gasteiger partial charge in [-0.3, -0.25) is 4.99 Å². The van der Waals surface area contributed by atoms with Crippen LogP contribution >= 0.6 is 0 Å². The largest absolute Gasteiger partial charge is 0.497 e. The van der Waals surface area contributed by atoms with E-state index in [1.807, 2.05) is 31.3 Å². The summed E-state index contributed by atoms with van der Waals surface area (Å²) in [7, 11) is 3.68. The molecular weight excluding hydrogens is 358 g/mol. The van der Waals surface area contributed by atoms with Crippen LogP contribution in [-0.2, 0) is 9.47 Å². The van der Waals surface area contributed by atoms with E-state index in [4.69, 9.17) is 23.9 Å². The summed E-state index contributed by atoms with van der Waals surface area (Å²) in [5.41, 5.74) is 0. The number of methoxy groups -OCH3 is 1. The van der Waals surface area contributed by atoms with E-state index >= 15 is 0 Å². The van der Waals surface area contributed by atoms with Crippen molar-refractivity contribution < 1.29 is 18.9 Å². The number of likely N-dealkylation sites (N-methyl/N-ethyl adjacent to an activating group) is 1. The molecule has 0 saturated carbocycles. The summed E-state index contributed by atoms with van der Waals surface area (Å²) in [5.74, 6) is 2.56. The maximum atomic E-state index is 5.90. The minimum Gasteiger partial charge on any atom is -0.497 e. The van der Waals surface area contributed by atoms with E-state index in [9.17, 15) is 0 Å². The third-order valence-electron chi connectivity index (χ3n) is 4.54. The highest BCUT2D eigenvalue weighted by Crippen LogP contribution is 2.16. The highest BCUT2D eigenvalue weighted by atomic mass is 16.5. The number of hydrogen-bond acceptors (Lipinski definition) is 5. The van der Waals surface area contributed by atoms with Crippen molar-refractivity contribution in [3.05, 3.63) is 24.3 Å². The summed E-state index contributed by atoms with van der Waals surface area (Å²) in [6.07, 6.45) is 3.28. The Labute approximate surface area is 169 Å². The van der Waals surface area contributed by atoms with Crippen molar-refractivity contribution in [3.63, 3.8) is 0 Å². The van der Waals surface area contributed by atoms with E-state index in [2.05, 4.69) is 17.1 Å². The Kier molecular flexibility index (Phi) is 10.5. The Hall–Kier alpha value is -1.99. The molecule has 7 nitrogen and oxygen atoms in total. The van der Waals surface area contributed by atoms with Crippen LogP contribution in [0.25, 0.3) is 0 Å². The molecule has 0 aromatic heterocycles. The van der Waals surface area contributed by atoms with Crippen molar-refractivity contribution in [1.82, 2.24) is 10.2 Å². The van der Waals surface area contributed by atoms with Crippen molar-refractivity contribution in [1.29, 1.82) is 0 Å². The Morgan fingerprint density at radius 3 is 2.57 bits per heavy atom. The summed E-state index contributed by atoms with van der Waals surface area (Å²) in [6, 6.07) is 7.62. The predicted octanol–water partition coefficient (Wildman–Crippen LogP) is 2.56. The van der Waals surface area contributed by atoms with Crippen LogP contribution in [0.15, 0.2) is 29.3 Å². The predicted molar refractivity (Wildman–Crippen MR) is 112 cm³/mol. The smallest absolute Gasteiger partial charge is 0.193 e. The number of nitrogens with zero attached hydrogens (tertiary/aromatic N) is 2. The molecule has 1 aliphatic rings. The van der Waals surface area contributed by atoms with Gasteiger partial charge in [-0.15, -0.1) is 0 Å². The molecule has 28 heavy (non-hydrogen) atoms. The molecule has 0 bridgehead atoms. The van der Waals surface area contributed by atoms with Crippen LogP contribution in [0, 0.1) is 0 Å². The van der Waals surface area contributed by atoms with E-state index < -0.39 is 0 Å². The third kappa shape index (κ3) is 8.35. The van der Waals surface area contributed by atoms with Gasteiger partial charge in [-0.05, 0) is 50.5 Å². The zero-order valence-electron chi connectivity index (χ0n) is 17.5. The lowest BCUT2D eigenvalue weighted by atomic mass is 10.1. The van der Waals surface area contributed by atoms with E-state index in [1.54, 1.807) is 7.11 Å². The number of nitrogens with one attached hydrogen (secondary N) is 1. The first kappa shape index (κ1) is 22.3. The van der Waals surface area contributed by atoms with Crippen LogP contribution in [0.1, 0.15) is 26.2 Å². The van der Waals surface area contributed by atoms with E-state index in [0.717, 1.165) is 76.2 Å². The molecule has 0 amide bonds. The number of hydrogen-bond donors (Lipinski definition) is 1. The lowest BCUT2D eigenvalue weighted by Crippen LogP contribution is -2.41. The van der Waals surface area contributed by atoms with E-state index in [0.29, 0.717) is 12.7 Å². The standard InChI is InChI=1S/C21H35N3O4/c1-4-22-21(23-12-5-14-27-20-10-15-26-16-11-20)24(2)13-17-28-19-8-6-18(25-3)7-9-19/h6-9,20H,4-5,10-17H2,1-3H3,(H,22,23). The first-order valence-electron chi connectivity index (χ1n) is 10.2. The topological polar surface area (TPSA) is 64.6 Å². The molecule has 1 aromatic rings. The second kappa shape index (κ2) is 13.2. The molecule has 0 unspecified atom stereocenters. The van der Waals surface area contributed by atoms with Gasteiger partial charge in [0.2, 0.25) is 0 Å². The number of rotatable bonds is 11. The zero-order valence-corrected chi connectivity index (χ0v) is 17.5. The van der Waals surface area contributed by atoms with Gasteiger partial charge in [0.25, 0.3) is 0 Å². The van der Waals surface area contributed by atoms with Crippen molar-refractivity contribution in [2.75, 3.05) is 60.2 Å². The normalized spacial score (nSPS) is 15.3. The van der Waals surface area contributed by atoms with Gasteiger partial charge in [-0.1, -0.05) is 0 Å². The van der Waals surface area contributed by atoms with E-state index in [-0.39, 0.29) is 0 Å². The highest BCUT2D eigenvalue weighted by molar-refractivity contribution is 5.79. The van der Waals surface area contributed by atoms with Gasteiger partial charge in [-0.25, -0.2) is 0 Å². The second-order valence-electron chi connectivity index (χ2n) is 6.72. The number of benzene rings is 1. The molecule has 1 aliphatic heterocycles. The summed E-state index contributed by atoms with van der Waals surface area (Å²) < 4.78 is 22.2. The zero-order chi connectivity index (χ0) is 20.0. The van der Waals surface area contributed by atoms with Gasteiger partial charge >= 0.3 is 0 Å². The fourth-order valence-corrected chi connectivity index (χ4v) is 2.89. The summed E-state index contributed by atoms with van der Waals surface area (Å²) in [6.45, 7) is 7.36. The number of aliphatic imine (C=N–C) groups is 1. The monoisotopic (exact) mass is 393 g/mol. The van der Waals surface area contributed by atoms with Crippen LogP contribution in [0.4, 0.5) is 0 Å². The van der Waals surface area contributed by atoms with Crippen molar-refractivity contribution >= 4 is 5.96 Å². The molecular formula is C21H35N3O4. The van der Waals surface area contributed by atoms with Crippen LogP contribution < -0.4 is 14.8 Å². The summed E-state index contributed by atoms with van der Waals surface area (Å²) in [5, 5.41) is 3.33. The second-order valence-corrected chi connectivity index (χ2v) is 6.72. The molecule has 7 heteroatoms. The molecule has 1 heterocycles. The highest BCUT2D eigenvalue weighted by Gasteiger charge is 2.13. The molecule has 2 rings (SSSR count). The molecule has 1 fully saturated rings. The maximum absolute atomic E-state index is 5.90. The Balaban J connectivity index is 1.67. The Bertz CT molecular complexity index is 559. The van der Waals surface area contributed by atoms with Crippen LogP contribution in [0.3, 0.4) is 0 Å². The van der Waals surface area contributed by atoms with Crippen LogP contribution in [0.2, 0.25) is 0 Å². The quantitative estimate of drug-likeness (QED) is 0.354. The molecule has 158 valence electrons. The van der Waals surface area contributed by atoms with Gasteiger partial charge in [0.15, 0.2) is 5.96 Å². The third-order valence-corrected chi connectivity index (χ3v) is 4.54. The Morgan fingerprint density at radius 1 is 1.18 bits per heavy atom. The summed E-state index contributed by atoms with van der Waals surface area (Å²) in [4.78, 5) is 6.79. The van der Waals surface area contributed by atoms with Crippen LogP contribution in [0.5, 0.6) is 11.5 Å². The molecule has 1 N–H and O–H groups in total. The molecule has 0 spiro atoms. The lowest BCUT2D eigenvalue weighted by Gasteiger charge is -2.23. The fraction of sp³-hybridized carbons (Fsp3) is 0.667. The van der Waals surface area contributed by atoms with Crippen molar-refractivity contribution in [2.45, 2.75) is 32.3 Å². The SMILES string of the molecule is CCNC(=NCCCOC1CCOCC1)N(C)CCOc1ccc(OC)cc1. The van der Waals surface area contributed by atoms with Crippen LogP contribution in [-0.4, -0.2) is 77.2 Å². The van der Waals surface area contributed by atoms with Crippen molar-refractivity contribution in [2.24, 2.45) is 4.99 Å². The van der Waals surface area contributed by atoms with Gasteiger partial charge < -0.3 is 29.2 Å². The average molecular weight is 394 g/mol. The molecule has 1 saturated heterocycles. The summed E-state index contributed by atoms with van der Waals surface area (Å²) >= 11 is 0. The maximum Gasteiger partial charge on any atom is 0.193 e. The molecule has 0 radical (unpaired) electrons. The number of ether oxygens (including phenoxy) is 4. The van der Waals surface area contributed by atoms with Gasteiger partial charge in [0.1, 0.15) is 18.1 Å². The minimum absolute atomic E-state index is 0.351. The number of guanidine groups is 1. The average Bonchev–Trinajstić information content (AvgIpc) is 2.74.